The van der Waals surface area contributed by atoms with Crippen molar-refractivity contribution in [1.29, 1.82) is 0 Å². The summed E-state index contributed by atoms with van der Waals surface area (Å²) in [6.07, 6.45) is 0. The summed E-state index contributed by atoms with van der Waals surface area (Å²) >= 11 is 0. The second-order valence-corrected chi connectivity index (χ2v) is 6.13. The van der Waals surface area contributed by atoms with E-state index in [0.717, 1.165) is 16.9 Å². The van der Waals surface area contributed by atoms with Gasteiger partial charge in [-0.3, -0.25) is 0 Å². The monoisotopic (exact) mass is 378 g/mol. The highest BCUT2D eigenvalue weighted by molar-refractivity contribution is 5.69. The molecule has 0 unspecified atom stereocenters. The fraction of sp³-hybridized carbons (Fsp3) is 0.143. The largest absolute Gasteiger partial charge is 0.496 e. The van der Waals surface area contributed by atoms with Crippen molar-refractivity contribution in [3.63, 3.8) is 0 Å². The topological polar surface area (TPSA) is 60.7 Å². The van der Waals surface area contributed by atoms with Gasteiger partial charge in [0, 0.05) is 17.7 Å². The van der Waals surface area contributed by atoms with Crippen LogP contribution in [0.15, 0.2) is 60.7 Å². The summed E-state index contributed by atoms with van der Waals surface area (Å²) in [5, 5.41) is 7.87. The van der Waals surface area contributed by atoms with Crippen molar-refractivity contribution >= 4 is 11.5 Å². The number of rotatable bonds is 6. The first-order valence-electron chi connectivity index (χ1n) is 8.75. The first-order chi connectivity index (χ1) is 13.7. The predicted octanol–water partition coefficient (Wildman–Crippen LogP) is 4.16. The fourth-order valence-corrected chi connectivity index (χ4v) is 3.02. The second kappa shape index (κ2) is 7.56. The van der Waals surface area contributed by atoms with Gasteiger partial charge in [0.25, 0.3) is 0 Å². The average molecular weight is 378 g/mol. The van der Waals surface area contributed by atoms with Gasteiger partial charge in [0.1, 0.15) is 23.1 Å². The van der Waals surface area contributed by atoms with E-state index in [2.05, 4.69) is 15.4 Å². The molecule has 0 atom stereocenters. The molecule has 2 heterocycles. The molecule has 0 saturated heterocycles. The SMILES string of the molecule is COc1ccccc1CNc1ccc2nc(-c3ccc(F)cc3)c(OC)n2n1. The minimum Gasteiger partial charge on any atom is -0.496 e. The van der Waals surface area contributed by atoms with Gasteiger partial charge in [-0.25, -0.2) is 9.37 Å². The number of imidazole rings is 1. The Bertz CT molecular complexity index is 1110. The number of benzene rings is 2. The minimum absolute atomic E-state index is 0.299. The molecule has 28 heavy (non-hydrogen) atoms. The Kier molecular flexibility index (Phi) is 4.80. The van der Waals surface area contributed by atoms with Gasteiger partial charge in [-0.05, 0) is 42.5 Å². The molecule has 4 rings (SSSR count). The van der Waals surface area contributed by atoms with Crippen LogP contribution in [-0.2, 0) is 6.54 Å². The predicted molar refractivity (Wildman–Crippen MR) is 105 cm³/mol. The van der Waals surface area contributed by atoms with Crippen molar-refractivity contribution in [3.8, 4) is 22.9 Å². The number of hydrogen-bond donors (Lipinski definition) is 1. The van der Waals surface area contributed by atoms with Crippen molar-refractivity contribution in [2.75, 3.05) is 19.5 Å². The van der Waals surface area contributed by atoms with E-state index in [1.165, 1.54) is 12.1 Å². The zero-order valence-electron chi connectivity index (χ0n) is 15.5. The standard InChI is InChI=1S/C21H19FN4O2/c1-27-17-6-4-3-5-15(17)13-23-18-11-12-19-24-20(21(28-2)26(19)25-18)14-7-9-16(22)10-8-14/h3-12H,13H2,1-2H3,(H,23,25). The molecule has 142 valence electrons. The molecule has 0 aliphatic carbocycles. The molecule has 0 amide bonds. The third-order valence-electron chi connectivity index (χ3n) is 4.40. The summed E-state index contributed by atoms with van der Waals surface area (Å²) in [6.45, 7) is 0.560. The van der Waals surface area contributed by atoms with Crippen LogP contribution in [-0.4, -0.2) is 28.8 Å². The number of nitrogens with zero attached hydrogens (tertiary/aromatic N) is 3. The van der Waals surface area contributed by atoms with Crippen LogP contribution >= 0.6 is 0 Å². The third kappa shape index (κ3) is 3.34. The molecular weight excluding hydrogens is 359 g/mol. The maximum absolute atomic E-state index is 13.2. The van der Waals surface area contributed by atoms with Crippen LogP contribution in [0.5, 0.6) is 11.6 Å². The highest BCUT2D eigenvalue weighted by Crippen LogP contribution is 2.30. The first-order valence-corrected chi connectivity index (χ1v) is 8.75. The van der Waals surface area contributed by atoms with Gasteiger partial charge < -0.3 is 14.8 Å². The van der Waals surface area contributed by atoms with Gasteiger partial charge in [-0.1, -0.05) is 18.2 Å². The van der Waals surface area contributed by atoms with Crippen LogP contribution in [0.4, 0.5) is 10.2 Å². The lowest BCUT2D eigenvalue weighted by Gasteiger charge is -2.10. The van der Waals surface area contributed by atoms with Gasteiger partial charge in [-0.2, -0.15) is 4.52 Å². The number of hydrogen-bond acceptors (Lipinski definition) is 5. The van der Waals surface area contributed by atoms with Crippen LogP contribution in [0.3, 0.4) is 0 Å². The highest BCUT2D eigenvalue weighted by atomic mass is 19.1. The molecule has 0 saturated carbocycles. The lowest BCUT2D eigenvalue weighted by atomic mass is 10.1. The Balaban J connectivity index is 1.66. The second-order valence-electron chi connectivity index (χ2n) is 6.13. The highest BCUT2D eigenvalue weighted by Gasteiger charge is 2.16. The Morgan fingerprint density at radius 1 is 0.964 bits per heavy atom. The van der Waals surface area contributed by atoms with Crippen molar-refractivity contribution in [1.82, 2.24) is 14.6 Å². The molecule has 7 heteroatoms. The number of para-hydroxylation sites is 1. The molecule has 0 aliphatic rings. The summed E-state index contributed by atoms with van der Waals surface area (Å²) in [7, 11) is 3.21. The summed E-state index contributed by atoms with van der Waals surface area (Å²) in [4.78, 5) is 4.58. The van der Waals surface area contributed by atoms with Gasteiger partial charge in [0.15, 0.2) is 5.65 Å². The van der Waals surface area contributed by atoms with E-state index < -0.39 is 0 Å². The normalized spacial score (nSPS) is 10.8. The zero-order valence-corrected chi connectivity index (χ0v) is 15.5. The molecule has 6 nitrogen and oxygen atoms in total. The average Bonchev–Trinajstić information content (AvgIpc) is 3.10. The molecule has 2 aromatic carbocycles. The minimum atomic E-state index is -0.299. The van der Waals surface area contributed by atoms with Gasteiger partial charge in [0.2, 0.25) is 5.88 Å². The summed E-state index contributed by atoms with van der Waals surface area (Å²) in [5.41, 5.74) is 3.03. The molecule has 0 spiro atoms. The van der Waals surface area contributed by atoms with Crippen molar-refractivity contribution in [2.45, 2.75) is 6.54 Å². The van der Waals surface area contributed by atoms with E-state index in [0.29, 0.717) is 29.6 Å². The Labute approximate surface area is 161 Å². The van der Waals surface area contributed by atoms with Crippen molar-refractivity contribution in [2.24, 2.45) is 0 Å². The summed E-state index contributed by atoms with van der Waals surface area (Å²) in [5.74, 6) is 1.67. The van der Waals surface area contributed by atoms with Crippen LogP contribution in [0.25, 0.3) is 16.9 Å². The molecule has 4 aromatic rings. The maximum Gasteiger partial charge on any atom is 0.243 e. The quantitative estimate of drug-likeness (QED) is 0.546. The smallest absolute Gasteiger partial charge is 0.243 e. The molecule has 1 N–H and O–H groups in total. The fourth-order valence-electron chi connectivity index (χ4n) is 3.02. The number of methoxy groups -OCH3 is 2. The number of fused-ring (bicyclic) bond motifs is 1. The van der Waals surface area contributed by atoms with E-state index >= 15 is 0 Å². The molecule has 0 radical (unpaired) electrons. The number of nitrogens with one attached hydrogen (secondary N) is 1. The van der Waals surface area contributed by atoms with Crippen LogP contribution in [0.2, 0.25) is 0 Å². The van der Waals surface area contributed by atoms with Crippen molar-refractivity contribution in [3.05, 3.63) is 72.0 Å². The maximum atomic E-state index is 13.2. The zero-order chi connectivity index (χ0) is 19.5. The van der Waals surface area contributed by atoms with E-state index in [4.69, 9.17) is 9.47 Å². The molecule has 2 aromatic heterocycles. The third-order valence-corrected chi connectivity index (χ3v) is 4.40. The lowest BCUT2D eigenvalue weighted by molar-refractivity contribution is 0.389. The Morgan fingerprint density at radius 3 is 2.50 bits per heavy atom. The van der Waals surface area contributed by atoms with E-state index in [1.54, 1.807) is 30.9 Å². The van der Waals surface area contributed by atoms with Gasteiger partial charge in [0.05, 0.1) is 14.2 Å². The van der Waals surface area contributed by atoms with Gasteiger partial charge >= 0.3 is 0 Å². The van der Waals surface area contributed by atoms with Crippen LogP contribution < -0.4 is 14.8 Å². The molecule has 0 bridgehead atoms. The van der Waals surface area contributed by atoms with E-state index in [9.17, 15) is 4.39 Å². The number of halogens is 1. The number of ether oxygens (including phenoxy) is 2. The first kappa shape index (κ1) is 17.8. The molecule has 0 fully saturated rings. The summed E-state index contributed by atoms with van der Waals surface area (Å²) in [6, 6.07) is 17.6. The number of anilines is 1. The Morgan fingerprint density at radius 2 is 1.75 bits per heavy atom. The van der Waals surface area contributed by atoms with Crippen LogP contribution in [0, 0.1) is 5.82 Å². The molecule has 0 aliphatic heterocycles. The van der Waals surface area contributed by atoms with E-state index in [1.807, 2.05) is 36.4 Å². The van der Waals surface area contributed by atoms with Crippen LogP contribution in [0.1, 0.15) is 5.56 Å². The Hall–Kier alpha value is -3.61. The molecular formula is C21H19FN4O2. The summed E-state index contributed by atoms with van der Waals surface area (Å²) < 4.78 is 25.8. The number of aromatic nitrogens is 3. The van der Waals surface area contributed by atoms with Gasteiger partial charge in [-0.15, -0.1) is 5.10 Å². The van der Waals surface area contributed by atoms with Crippen molar-refractivity contribution < 1.29 is 13.9 Å². The van der Waals surface area contributed by atoms with E-state index in [-0.39, 0.29) is 5.82 Å². The lowest BCUT2D eigenvalue weighted by Crippen LogP contribution is -2.05.